The summed E-state index contributed by atoms with van der Waals surface area (Å²) in [5, 5.41) is 11.2. The molecular formula is C10H13N3O3S. The van der Waals surface area contributed by atoms with Gasteiger partial charge in [-0.15, -0.1) is 16.8 Å². The fourth-order valence-corrected chi connectivity index (χ4v) is 2.27. The third-order valence-electron chi connectivity index (χ3n) is 2.46. The molecule has 0 saturated carbocycles. The van der Waals surface area contributed by atoms with Crippen molar-refractivity contribution in [2.24, 2.45) is 0 Å². The molecule has 0 fully saturated rings. The minimum absolute atomic E-state index is 0.161. The van der Waals surface area contributed by atoms with Gasteiger partial charge in [0.05, 0.1) is 5.69 Å². The van der Waals surface area contributed by atoms with E-state index in [4.69, 9.17) is 10.6 Å². The highest BCUT2D eigenvalue weighted by Gasteiger charge is 2.27. The highest BCUT2D eigenvalue weighted by molar-refractivity contribution is 7.13. The Morgan fingerprint density at radius 3 is 2.88 bits per heavy atom. The second kappa shape index (κ2) is 4.27. The van der Waals surface area contributed by atoms with E-state index in [0.717, 1.165) is 11.3 Å². The molecule has 7 heteroatoms. The van der Waals surface area contributed by atoms with Crippen molar-refractivity contribution >= 4 is 22.9 Å². The van der Waals surface area contributed by atoms with Crippen molar-refractivity contribution in [2.45, 2.75) is 13.1 Å². The number of aromatic hydroxyl groups is 1. The number of rotatable bonds is 2. The standard InChI is InChI=1S/C10H13N3O3S/c1-5-3-7(12-16-5)13(2)10(15)9-8(14)6(11)4-17-9/h3-4,7,12,14H,11H2,1-2H3. The van der Waals surface area contributed by atoms with Gasteiger partial charge in [0.1, 0.15) is 16.8 Å². The number of carbonyl (C=O) groups excluding carboxylic acids is 1. The Bertz CT molecular complexity index is 483. The smallest absolute Gasteiger partial charge is 0.269 e. The average molecular weight is 255 g/mol. The average Bonchev–Trinajstić information content (AvgIpc) is 2.86. The van der Waals surface area contributed by atoms with E-state index in [0.29, 0.717) is 5.76 Å². The third-order valence-corrected chi connectivity index (χ3v) is 3.43. The molecule has 1 unspecified atom stereocenters. The van der Waals surface area contributed by atoms with Crippen LogP contribution in [0, 0.1) is 0 Å². The first-order valence-electron chi connectivity index (χ1n) is 4.94. The van der Waals surface area contributed by atoms with E-state index in [9.17, 15) is 9.90 Å². The summed E-state index contributed by atoms with van der Waals surface area (Å²) in [6.45, 7) is 1.78. The van der Waals surface area contributed by atoms with E-state index in [1.165, 1.54) is 10.3 Å². The minimum Gasteiger partial charge on any atom is -0.504 e. The van der Waals surface area contributed by atoms with Crippen LogP contribution in [0.4, 0.5) is 5.69 Å². The summed E-state index contributed by atoms with van der Waals surface area (Å²) in [6, 6.07) is 0. The van der Waals surface area contributed by atoms with Crippen LogP contribution in [0.3, 0.4) is 0 Å². The van der Waals surface area contributed by atoms with Crippen molar-refractivity contribution in [3.8, 4) is 5.75 Å². The molecule has 1 aliphatic rings. The largest absolute Gasteiger partial charge is 0.504 e. The number of nitrogens with two attached hydrogens (primary N) is 1. The second-order valence-electron chi connectivity index (χ2n) is 3.73. The van der Waals surface area contributed by atoms with Crippen molar-refractivity contribution in [3.63, 3.8) is 0 Å². The maximum Gasteiger partial charge on any atom is 0.269 e. The second-order valence-corrected chi connectivity index (χ2v) is 4.61. The number of amides is 1. The lowest BCUT2D eigenvalue weighted by atomic mass is 10.3. The molecule has 6 nitrogen and oxygen atoms in total. The molecule has 92 valence electrons. The van der Waals surface area contributed by atoms with Crippen molar-refractivity contribution in [2.75, 3.05) is 12.8 Å². The van der Waals surface area contributed by atoms with Crippen LogP contribution in [0.25, 0.3) is 0 Å². The number of nitrogens with one attached hydrogen (secondary N) is 1. The predicted molar refractivity (Wildman–Crippen MR) is 64.3 cm³/mol. The summed E-state index contributed by atoms with van der Waals surface area (Å²) in [6.07, 6.45) is 1.43. The fourth-order valence-electron chi connectivity index (χ4n) is 1.44. The number of hydroxylamine groups is 1. The molecule has 0 aromatic carbocycles. The molecule has 1 aliphatic heterocycles. The van der Waals surface area contributed by atoms with Crippen molar-refractivity contribution in [3.05, 3.63) is 22.1 Å². The zero-order chi connectivity index (χ0) is 12.6. The third kappa shape index (κ3) is 2.06. The molecule has 4 N–H and O–H groups in total. The molecule has 0 bridgehead atoms. The summed E-state index contributed by atoms with van der Waals surface area (Å²) < 4.78 is 0. The van der Waals surface area contributed by atoms with Gasteiger partial charge in [0, 0.05) is 12.4 Å². The maximum atomic E-state index is 12.1. The highest BCUT2D eigenvalue weighted by atomic mass is 32.1. The number of nitrogen functional groups attached to an aromatic ring is 1. The molecular weight excluding hydrogens is 242 g/mol. The Hall–Kier alpha value is -1.73. The molecule has 2 heterocycles. The molecule has 1 amide bonds. The number of nitrogens with zero attached hydrogens (tertiary/aromatic N) is 1. The fraction of sp³-hybridized carbons (Fsp3) is 0.300. The van der Waals surface area contributed by atoms with Gasteiger partial charge in [0.15, 0.2) is 5.75 Å². The summed E-state index contributed by atoms with van der Waals surface area (Å²) >= 11 is 1.12. The zero-order valence-electron chi connectivity index (χ0n) is 9.43. The Morgan fingerprint density at radius 2 is 2.41 bits per heavy atom. The van der Waals surface area contributed by atoms with Crippen molar-refractivity contribution in [1.29, 1.82) is 0 Å². The lowest BCUT2D eigenvalue weighted by molar-refractivity contribution is 0.0494. The number of hydrogen-bond acceptors (Lipinski definition) is 6. The van der Waals surface area contributed by atoms with Crippen LogP contribution >= 0.6 is 11.3 Å². The molecule has 0 saturated heterocycles. The summed E-state index contributed by atoms with van der Waals surface area (Å²) in [7, 11) is 1.62. The number of anilines is 1. The van der Waals surface area contributed by atoms with E-state index in [-0.39, 0.29) is 28.4 Å². The van der Waals surface area contributed by atoms with Crippen LogP contribution in [-0.2, 0) is 4.84 Å². The van der Waals surface area contributed by atoms with E-state index in [2.05, 4.69) is 5.48 Å². The molecule has 2 rings (SSSR count). The number of allylic oxidation sites excluding steroid dienone is 1. The van der Waals surface area contributed by atoms with Gasteiger partial charge in [-0.25, -0.2) is 0 Å². The Labute approximate surface area is 102 Å². The van der Waals surface area contributed by atoms with Crippen LogP contribution in [0.1, 0.15) is 16.6 Å². The van der Waals surface area contributed by atoms with E-state index < -0.39 is 0 Å². The van der Waals surface area contributed by atoms with Gasteiger partial charge in [-0.3, -0.25) is 4.79 Å². The number of carbonyl (C=O) groups is 1. The quantitative estimate of drug-likeness (QED) is 0.730. The Kier molecular flexibility index (Phi) is 2.95. The van der Waals surface area contributed by atoms with Gasteiger partial charge < -0.3 is 20.6 Å². The van der Waals surface area contributed by atoms with Gasteiger partial charge in [-0.05, 0) is 13.0 Å². The van der Waals surface area contributed by atoms with E-state index in [1.807, 2.05) is 0 Å². The molecule has 0 spiro atoms. The van der Waals surface area contributed by atoms with Crippen LogP contribution in [0.2, 0.25) is 0 Å². The minimum atomic E-state index is -0.342. The Balaban J connectivity index is 2.18. The van der Waals surface area contributed by atoms with Crippen molar-refractivity contribution < 1.29 is 14.7 Å². The number of hydrogen-bond donors (Lipinski definition) is 3. The molecule has 1 aromatic heterocycles. The molecule has 0 aliphatic carbocycles. The van der Waals surface area contributed by atoms with E-state index in [1.54, 1.807) is 20.0 Å². The lowest BCUT2D eigenvalue weighted by Gasteiger charge is -2.21. The maximum absolute atomic E-state index is 12.1. The van der Waals surface area contributed by atoms with Gasteiger partial charge in [0.2, 0.25) is 0 Å². The zero-order valence-corrected chi connectivity index (χ0v) is 10.2. The monoisotopic (exact) mass is 255 g/mol. The number of likely N-dealkylation sites (N-methyl/N-ethyl adjacent to an activating group) is 1. The summed E-state index contributed by atoms with van der Waals surface area (Å²) in [4.78, 5) is 18.8. The SMILES string of the molecule is CC1=CC(N(C)C(=O)c2scc(N)c2O)NO1. The first-order chi connectivity index (χ1) is 8.00. The van der Waals surface area contributed by atoms with Crippen LogP contribution in [0.5, 0.6) is 5.75 Å². The molecule has 17 heavy (non-hydrogen) atoms. The van der Waals surface area contributed by atoms with E-state index >= 15 is 0 Å². The lowest BCUT2D eigenvalue weighted by Crippen LogP contribution is -2.42. The van der Waals surface area contributed by atoms with Gasteiger partial charge >= 0.3 is 0 Å². The van der Waals surface area contributed by atoms with Crippen molar-refractivity contribution in [1.82, 2.24) is 10.4 Å². The van der Waals surface area contributed by atoms with Gasteiger partial charge in [-0.2, -0.15) is 0 Å². The summed E-state index contributed by atoms with van der Waals surface area (Å²) in [5.74, 6) is 0.229. The van der Waals surface area contributed by atoms with Crippen LogP contribution in [-0.4, -0.2) is 29.1 Å². The summed E-state index contributed by atoms with van der Waals surface area (Å²) in [5.41, 5.74) is 8.40. The Morgan fingerprint density at radius 1 is 1.71 bits per heavy atom. The predicted octanol–water partition coefficient (Wildman–Crippen LogP) is 0.873. The van der Waals surface area contributed by atoms with Crippen LogP contribution in [0.15, 0.2) is 17.2 Å². The topological polar surface area (TPSA) is 87.8 Å². The number of thiophene rings is 1. The van der Waals surface area contributed by atoms with Gasteiger partial charge in [-0.1, -0.05) is 0 Å². The molecule has 1 atom stereocenters. The van der Waals surface area contributed by atoms with Crippen LogP contribution < -0.4 is 11.2 Å². The first kappa shape index (κ1) is 11.7. The molecule has 1 aromatic rings. The first-order valence-corrected chi connectivity index (χ1v) is 5.82. The van der Waals surface area contributed by atoms with Gasteiger partial charge in [0.25, 0.3) is 5.91 Å². The highest BCUT2D eigenvalue weighted by Crippen LogP contribution is 2.32. The molecule has 0 radical (unpaired) electrons. The normalized spacial score (nSPS) is 18.7.